The fourth-order valence-corrected chi connectivity index (χ4v) is 4.51. The molecule has 1 aromatic heterocycles. The van der Waals surface area contributed by atoms with E-state index in [0.717, 1.165) is 5.56 Å². The van der Waals surface area contributed by atoms with Gasteiger partial charge in [-0.15, -0.1) is 0 Å². The highest BCUT2D eigenvalue weighted by Gasteiger charge is 2.24. The Morgan fingerprint density at radius 1 is 1.33 bits per heavy atom. The summed E-state index contributed by atoms with van der Waals surface area (Å²) in [6, 6.07) is 8.63. The zero-order valence-corrected chi connectivity index (χ0v) is 13.0. The fraction of sp³-hybridized carbons (Fsp3) is 0.308. The number of H-pyrrole nitrogens is 1. The van der Waals surface area contributed by atoms with Crippen LogP contribution in [0.25, 0.3) is 0 Å². The van der Waals surface area contributed by atoms with Crippen molar-refractivity contribution in [1.29, 1.82) is 0 Å². The predicted octanol–water partition coefficient (Wildman–Crippen LogP) is 0.627. The number of aliphatic hydroxyl groups is 1. The van der Waals surface area contributed by atoms with Crippen molar-refractivity contribution in [2.24, 2.45) is 0 Å². The Morgan fingerprint density at radius 2 is 2.00 bits per heavy atom. The van der Waals surface area contributed by atoms with Crippen LogP contribution >= 0.6 is 11.3 Å². The van der Waals surface area contributed by atoms with Crippen LogP contribution in [-0.2, 0) is 16.4 Å². The molecule has 114 valence electrons. The van der Waals surface area contributed by atoms with Gasteiger partial charge in [0.25, 0.3) is 10.0 Å². The van der Waals surface area contributed by atoms with Crippen molar-refractivity contribution in [2.45, 2.75) is 23.6 Å². The average Bonchev–Trinajstić information content (AvgIpc) is 2.79. The Hall–Kier alpha value is -1.48. The summed E-state index contributed by atoms with van der Waals surface area (Å²) in [5.41, 5.74) is 1.21. The quantitative estimate of drug-likeness (QED) is 0.724. The maximum Gasteiger partial charge on any atom is 0.305 e. The van der Waals surface area contributed by atoms with E-state index in [2.05, 4.69) is 9.71 Å². The van der Waals surface area contributed by atoms with Crippen LogP contribution in [0.5, 0.6) is 0 Å². The van der Waals surface area contributed by atoms with Gasteiger partial charge in [0.2, 0.25) is 0 Å². The van der Waals surface area contributed by atoms with Crippen molar-refractivity contribution in [2.75, 3.05) is 6.61 Å². The van der Waals surface area contributed by atoms with Crippen molar-refractivity contribution in [3.8, 4) is 0 Å². The Kier molecular flexibility index (Phi) is 4.94. The van der Waals surface area contributed by atoms with Gasteiger partial charge in [0.05, 0.1) is 6.61 Å². The smallest absolute Gasteiger partial charge is 0.305 e. The van der Waals surface area contributed by atoms with E-state index in [9.17, 15) is 18.3 Å². The van der Waals surface area contributed by atoms with Gasteiger partial charge in [-0.3, -0.25) is 4.79 Å². The minimum absolute atomic E-state index is 0.0426. The number of nitrogens with one attached hydrogen (secondary N) is 2. The number of rotatable bonds is 6. The van der Waals surface area contributed by atoms with Gasteiger partial charge in [0, 0.05) is 11.7 Å². The molecule has 1 atom stereocenters. The fourth-order valence-electron chi connectivity index (χ4n) is 1.96. The van der Waals surface area contributed by atoms with E-state index < -0.39 is 20.9 Å². The molecule has 1 heterocycles. The molecule has 0 aliphatic rings. The second-order valence-electron chi connectivity index (χ2n) is 4.62. The molecule has 0 radical (unpaired) electrons. The van der Waals surface area contributed by atoms with Crippen molar-refractivity contribution in [3.05, 3.63) is 51.3 Å². The number of thiazole rings is 1. The van der Waals surface area contributed by atoms with Crippen LogP contribution in [0.4, 0.5) is 0 Å². The predicted molar refractivity (Wildman–Crippen MR) is 81.0 cm³/mol. The van der Waals surface area contributed by atoms with E-state index in [-0.39, 0.29) is 10.8 Å². The lowest BCUT2D eigenvalue weighted by molar-refractivity contribution is 0.256. The summed E-state index contributed by atoms with van der Waals surface area (Å²) in [5.74, 6) is 0. The lowest BCUT2D eigenvalue weighted by Gasteiger charge is -2.16. The topological polar surface area (TPSA) is 99.3 Å². The van der Waals surface area contributed by atoms with Crippen LogP contribution < -0.4 is 9.60 Å². The Labute approximate surface area is 126 Å². The number of sulfonamides is 1. The van der Waals surface area contributed by atoms with Gasteiger partial charge in [-0.25, -0.2) is 13.1 Å². The first kappa shape index (κ1) is 15.9. The van der Waals surface area contributed by atoms with Gasteiger partial charge in [0.15, 0.2) is 4.21 Å². The largest absolute Gasteiger partial charge is 0.395 e. The molecule has 0 aliphatic carbocycles. The van der Waals surface area contributed by atoms with Gasteiger partial charge in [0.1, 0.15) is 0 Å². The molecule has 0 spiro atoms. The minimum atomic E-state index is -3.82. The summed E-state index contributed by atoms with van der Waals surface area (Å²) in [4.78, 5) is 13.2. The molecule has 0 aliphatic heterocycles. The zero-order chi connectivity index (χ0) is 15.5. The molecule has 2 rings (SSSR count). The van der Waals surface area contributed by atoms with Gasteiger partial charge in [-0.05, 0) is 18.9 Å². The number of benzene rings is 1. The Morgan fingerprint density at radius 3 is 2.52 bits per heavy atom. The monoisotopic (exact) mass is 328 g/mol. The first-order valence-electron chi connectivity index (χ1n) is 6.29. The minimum Gasteiger partial charge on any atom is -0.395 e. The van der Waals surface area contributed by atoms with E-state index in [1.165, 1.54) is 6.92 Å². The summed E-state index contributed by atoms with van der Waals surface area (Å²) in [5, 5.41) is 9.38. The standard InChI is InChI=1S/C13H16N2O4S2/c1-9-12(20-13(17)14-9)21(18,19)15-11(8-16)7-10-5-3-2-4-6-10/h2-6,11,15-16H,7-8H2,1H3,(H,14,17). The number of hydrogen-bond acceptors (Lipinski definition) is 5. The normalized spacial score (nSPS) is 13.2. The van der Waals surface area contributed by atoms with E-state index in [0.29, 0.717) is 23.5 Å². The lowest BCUT2D eigenvalue weighted by Crippen LogP contribution is -2.39. The zero-order valence-electron chi connectivity index (χ0n) is 11.4. The molecule has 8 heteroatoms. The number of aromatic amines is 1. The second kappa shape index (κ2) is 6.52. The number of aliphatic hydroxyl groups excluding tert-OH is 1. The molecule has 6 nitrogen and oxygen atoms in total. The summed E-state index contributed by atoms with van der Waals surface area (Å²) < 4.78 is 26.9. The highest BCUT2D eigenvalue weighted by molar-refractivity contribution is 7.91. The lowest BCUT2D eigenvalue weighted by atomic mass is 10.1. The molecule has 0 bridgehead atoms. The third-order valence-electron chi connectivity index (χ3n) is 2.89. The SMILES string of the molecule is Cc1[nH]c(=O)sc1S(=O)(=O)NC(CO)Cc1ccccc1. The van der Waals surface area contributed by atoms with Crippen molar-refractivity contribution >= 4 is 21.4 Å². The van der Waals surface area contributed by atoms with Crippen LogP contribution in [-0.4, -0.2) is 31.2 Å². The number of aromatic nitrogens is 1. The van der Waals surface area contributed by atoms with Crippen molar-refractivity contribution in [1.82, 2.24) is 9.71 Å². The molecular weight excluding hydrogens is 312 g/mol. The third-order valence-corrected chi connectivity index (χ3v) is 6.02. The van der Waals surface area contributed by atoms with Crippen LogP contribution in [0.2, 0.25) is 0 Å². The van der Waals surface area contributed by atoms with E-state index in [4.69, 9.17) is 0 Å². The first-order chi connectivity index (χ1) is 9.92. The van der Waals surface area contributed by atoms with Crippen molar-refractivity contribution in [3.63, 3.8) is 0 Å². The van der Waals surface area contributed by atoms with Crippen LogP contribution in [0.3, 0.4) is 0 Å². The van der Waals surface area contributed by atoms with E-state index >= 15 is 0 Å². The maximum atomic E-state index is 12.3. The molecule has 1 unspecified atom stereocenters. The summed E-state index contributed by atoms with van der Waals surface area (Å²) in [7, 11) is -3.82. The van der Waals surface area contributed by atoms with Gasteiger partial charge in [-0.1, -0.05) is 41.7 Å². The number of hydrogen-bond donors (Lipinski definition) is 3. The summed E-state index contributed by atoms with van der Waals surface area (Å²) in [6.07, 6.45) is 0.370. The average molecular weight is 328 g/mol. The maximum absolute atomic E-state index is 12.3. The molecule has 0 amide bonds. The molecule has 0 saturated carbocycles. The van der Waals surface area contributed by atoms with Crippen molar-refractivity contribution < 1.29 is 13.5 Å². The summed E-state index contributed by atoms with van der Waals surface area (Å²) >= 11 is 0.637. The Balaban J connectivity index is 2.18. The van der Waals surface area contributed by atoms with E-state index in [1.807, 2.05) is 30.3 Å². The second-order valence-corrected chi connectivity index (χ2v) is 7.51. The number of aryl methyl sites for hydroxylation is 1. The van der Waals surface area contributed by atoms with Crippen LogP contribution in [0.15, 0.2) is 39.3 Å². The molecular formula is C13H16N2O4S2. The molecule has 2 aromatic rings. The van der Waals surface area contributed by atoms with Gasteiger partial charge >= 0.3 is 4.87 Å². The molecule has 0 fully saturated rings. The molecule has 1 aromatic carbocycles. The molecule has 21 heavy (non-hydrogen) atoms. The van der Waals surface area contributed by atoms with Crippen LogP contribution in [0.1, 0.15) is 11.3 Å². The van der Waals surface area contributed by atoms with Gasteiger partial charge in [-0.2, -0.15) is 0 Å². The summed E-state index contributed by atoms with van der Waals surface area (Å²) in [6.45, 7) is 1.20. The highest BCUT2D eigenvalue weighted by atomic mass is 32.2. The van der Waals surface area contributed by atoms with Crippen LogP contribution in [0, 0.1) is 6.92 Å². The highest BCUT2D eigenvalue weighted by Crippen LogP contribution is 2.16. The van der Waals surface area contributed by atoms with Gasteiger partial charge < -0.3 is 10.1 Å². The molecule has 0 saturated heterocycles. The first-order valence-corrected chi connectivity index (χ1v) is 8.59. The molecule has 3 N–H and O–H groups in total. The Bertz CT molecular complexity index is 750. The third kappa shape index (κ3) is 4.01. The van der Waals surface area contributed by atoms with E-state index in [1.54, 1.807) is 0 Å².